The Labute approximate surface area is 118 Å². The lowest BCUT2D eigenvalue weighted by molar-refractivity contribution is -0.142. The highest BCUT2D eigenvalue weighted by molar-refractivity contribution is 5.09. The Hall–Kier alpha value is -1.79. The second kappa shape index (κ2) is 7.72. The summed E-state index contributed by atoms with van der Waals surface area (Å²) in [5.41, 5.74) is 1.94. The molecule has 0 saturated heterocycles. The van der Waals surface area contributed by atoms with Crippen LogP contribution in [0, 0.1) is 0 Å². The maximum Gasteiger partial charge on any atom is 0.204 e. The summed E-state index contributed by atoms with van der Waals surface area (Å²) in [7, 11) is 0. The largest absolute Gasteiger partial charge is 0.347 e. The first-order chi connectivity index (χ1) is 9.83. The number of nitrogens with zero attached hydrogens (tertiary/aromatic N) is 4. The summed E-state index contributed by atoms with van der Waals surface area (Å²) in [4.78, 5) is 4.00. The molecule has 2 aromatic rings. The van der Waals surface area contributed by atoms with Gasteiger partial charge in [0, 0.05) is 32.2 Å². The van der Waals surface area contributed by atoms with E-state index in [2.05, 4.69) is 15.3 Å². The summed E-state index contributed by atoms with van der Waals surface area (Å²) in [6, 6.07) is 4.00. The zero-order valence-electron chi connectivity index (χ0n) is 11.9. The molecule has 20 heavy (non-hydrogen) atoms. The van der Waals surface area contributed by atoms with E-state index < -0.39 is 6.29 Å². The summed E-state index contributed by atoms with van der Waals surface area (Å²) in [5.74, 6) is 0. The Kier molecular flexibility index (Phi) is 5.64. The highest BCUT2D eigenvalue weighted by Gasteiger charge is 2.15. The van der Waals surface area contributed by atoms with Gasteiger partial charge in [-0.15, -0.1) is 5.10 Å². The van der Waals surface area contributed by atoms with Crippen LogP contribution in [0.4, 0.5) is 0 Å². The van der Waals surface area contributed by atoms with E-state index in [1.807, 2.05) is 32.2 Å². The first kappa shape index (κ1) is 14.6. The quantitative estimate of drug-likeness (QED) is 0.690. The van der Waals surface area contributed by atoms with Crippen LogP contribution < -0.4 is 0 Å². The lowest BCUT2D eigenvalue weighted by atomic mass is 10.2. The molecule has 0 N–H and O–H groups in total. The number of hydrogen-bond acceptors (Lipinski definition) is 5. The highest BCUT2D eigenvalue weighted by Crippen LogP contribution is 2.15. The minimum Gasteiger partial charge on any atom is -0.347 e. The summed E-state index contributed by atoms with van der Waals surface area (Å²) >= 11 is 0. The van der Waals surface area contributed by atoms with Crippen LogP contribution in [-0.4, -0.2) is 33.2 Å². The number of pyridine rings is 1. The fourth-order valence-corrected chi connectivity index (χ4v) is 1.85. The van der Waals surface area contributed by atoms with Gasteiger partial charge in [0.25, 0.3) is 0 Å². The smallest absolute Gasteiger partial charge is 0.204 e. The molecule has 6 nitrogen and oxygen atoms in total. The number of rotatable bonds is 8. The maximum absolute atomic E-state index is 5.50. The molecule has 108 valence electrons. The van der Waals surface area contributed by atoms with E-state index in [1.165, 1.54) is 5.56 Å². The molecule has 0 aliphatic rings. The van der Waals surface area contributed by atoms with Gasteiger partial charge < -0.3 is 9.47 Å². The summed E-state index contributed by atoms with van der Waals surface area (Å²) < 4.78 is 12.8. The number of aryl methyl sites for hydroxylation is 2. The van der Waals surface area contributed by atoms with Crippen LogP contribution in [0.2, 0.25) is 0 Å². The number of ether oxygens (including phenoxy) is 2. The van der Waals surface area contributed by atoms with Crippen molar-refractivity contribution in [3.8, 4) is 0 Å². The van der Waals surface area contributed by atoms with Crippen LogP contribution in [-0.2, 0) is 22.4 Å². The predicted octanol–water partition coefficient (Wildman–Crippen LogP) is 1.99. The molecule has 0 bridgehead atoms. The van der Waals surface area contributed by atoms with Gasteiger partial charge in [0.15, 0.2) is 0 Å². The standard InChI is InChI=1S/C14H20N4O2/c1-3-19-14(20-4-2)13-11-18(17-16-13)10-7-12-5-8-15-9-6-12/h5-6,8-9,11,14H,3-4,7,10H2,1-2H3. The molecule has 0 unspecified atom stereocenters. The van der Waals surface area contributed by atoms with E-state index >= 15 is 0 Å². The van der Waals surface area contributed by atoms with E-state index in [0.717, 1.165) is 13.0 Å². The molecule has 0 atom stereocenters. The van der Waals surface area contributed by atoms with Crippen molar-refractivity contribution < 1.29 is 9.47 Å². The molecule has 0 aromatic carbocycles. The lowest BCUT2D eigenvalue weighted by Gasteiger charge is -2.13. The van der Waals surface area contributed by atoms with Crippen LogP contribution in [0.3, 0.4) is 0 Å². The second-order valence-electron chi connectivity index (χ2n) is 4.25. The molecule has 6 heteroatoms. The van der Waals surface area contributed by atoms with Crippen LogP contribution in [0.15, 0.2) is 30.7 Å². The third-order valence-corrected chi connectivity index (χ3v) is 2.81. The molecule has 0 fully saturated rings. The van der Waals surface area contributed by atoms with Gasteiger partial charge in [-0.1, -0.05) is 5.21 Å². The Bertz CT molecular complexity index is 495. The van der Waals surface area contributed by atoms with Crippen LogP contribution in [0.25, 0.3) is 0 Å². The maximum atomic E-state index is 5.50. The average Bonchev–Trinajstić information content (AvgIpc) is 2.95. The van der Waals surface area contributed by atoms with Gasteiger partial charge in [-0.2, -0.15) is 0 Å². The third kappa shape index (κ3) is 4.11. The van der Waals surface area contributed by atoms with E-state index in [9.17, 15) is 0 Å². The Morgan fingerprint density at radius 1 is 1.15 bits per heavy atom. The molecule has 0 spiro atoms. The molecule has 2 heterocycles. The van der Waals surface area contributed by atoms with Crippen molar-refractivity contribution in [2.24, 2.45) is 0 Å². The van der Waals surface area contributed by atoms with Crippen LogP contribution in [0.5, 0.6) is 0 Å². The van der Waals surface area contributed by atoms with Crippen molar-refractivity contribution in [3.63, 3.8) is 0 Å². The molecule has 0 radical (unpaired) electrons. The minimum absolute atomic E-state index is 0.431. The number of hydrogen-bond donors (Lipinski definition) is 0. The van der Waals surface area contributed by atoms with Crippen LogP contribution >= 0.6 is 0 Å². The van der Waals surface area contributed by atoms with E-state index in [0.29, 0.717) is 18.9 Å². The Morgan fingerprint density at radius 3 is 2.50 bits per heavy atom. The van der Waals surface area contributed by atoms with Gasteiger partial charge in [0.2, 0.25) is 6.29 Å². The van der Waals surface area contributed by atoms with Crippen LogP contribution in [0.1, 0.15) is 31.4 Å². The Morgan fingerprint density at radius 2 is 1.85 bits per heavy atom. The molecular formula is C14H20N4O2. The summed E-state index contributed by atoms with van der Waals surface area (Å²) in [6.07, 6.45) is 5.92. The number of aromatic nitrogens is 4. The van der Waals surface area contributed by atoms with Gasteiger partial charge in [0.05, 0.1) is 6.20 Å². The minimum atomic E-state index is -0.431. The molecule has 0 aliphatic heterocycles. The highest BCUT2D eigenvalue weighted by atomic mass is 16.7. The van der Waals surface area contributed by atoms with Gasteiger partial charge in [-0.05, 0) is 38.0 Å². The molecule has 0 saturated carbocycles. The van der Waals surface area contributed by atoms with Crippen molar-refractivity contribution >= 4 is 0 Å². The predicted molar refractivity (Wildman–Crippen MR) is 74.0 cm³/mol. The topological polar surface area (TPSA) is 62.1 Å². The molecule has 0 aliphatic carbocycles. The van der Waals surface area contributed by atoms with Gasteiger partial charge >= 0.3 is 0 Å². The average molecular weight is 276 g/mol. The molecular weight excluding hydrogens is 256 g/mol. The van der Waals surface area contributed by atoms with Crippen molar-refractivity contribution in [3.05, 3.63) is 42.0 Å². The first-order valence-electron chi connectivity index (χ1n) is 6.85. The van der Waals surface area contributed by atoms with Gasteiger partial charge in [0.1, 0.15) is 5.69 Å². The Balaban J connectivity index is 1.94. The monoisotopic (exact) mass is 276 g/mol. The van der Waals surface area contributed by atoms with Gasteiger partial charge in [-0.3, -0.25) is 9.67 Å². The van der Waals surface area contributed by atoms with Gasteiger partial charge in [-0.25, -0.2) is 0 Å². The molecule has 2 rings (SSSR count). The van der Waals surface area contributed by atoms with E-state index in [-0.39, 0.29) is 0 Å². The SMILES string of the molecule is CCOC(OCC)c1cn(CCc2ccncc2)nn1. The fourth-order valence-electron chi connectivity index (χ4n) is 1.85. The zero-order valence-corrected chi connectivity index (χ0v) is 11.9. The third-order valence-electron chi connectivity index (χ3n) is 2.81. The zero-order chi connectivity index (χ0) is 14.2. The summed E-state index contributed by atoms with van der Waals surface area (Å²) in [6.45, 7) is 5.78. The second-order valence-corrected chi connectivity index (χ2v) is 4.25. The first-order valence-corrected chi connectivity index (χ1v) is 6.85. The van der Waals surface area contributed by atoms with E-state index in [4.69, 9.17) is 9.47 Å². The van der Waals surface area contributed by atoms with Crippen molar-refractivity contribution in [2.75, 3.05) is 13.2 Å². The molecule has 0 amide bonds. The van der Waals surface area contributed by atoms with Crippen molar-refractivity contribution in [2.45, 2.75) is 33.1 Å². The van der Waals surface area contributed by atoms with E-state index in [1.54, 1.807) is 17.1 Å². The normalized spacial score (nSPS) is 11.2. The fraction of sp³-hybridized carbons (Fsp3) is 0.500. The van der Waals surface area contributed by atoms with Crippen molar-refractivity contribution in [1.82, 2.24) is 20.0 Å². The summed E-state index contributed by atoms with van der Waals surface area (Å²) in [5, 5.41) is 8.22. The lowest BCUT2D eigenvalue weighted by Crippen LogP contribution is -2.09. The molecule has 2 aromatic heterocycles. The van der Waals surface area contributed by atoms with Crippen molar-refractivity contribution in [1.29, 1.82) is 0 Å².